The van der Waals surface area contributed by atoms with E-state index in [2.05, 4.69) is 47.6 Å². The molecule has 14 heteroatoms. The number of amides is 1. The molecule has 1 aromatic carbocycles. The number of benzene rings is 1. The second-order valence-electron chi connectivity index (χ2n) is 8.48. The van der Waals surface area contributed by atoms with Gasteiger partial charge in [-0.25, -0.2) is 9.36 Å². The van der Waals surface area contributed by atoms with Crippen molar-refractivity contribution in [2.45, 2.75) is 31.6 Å². The number of carbonyl (C=O) groups is 1. The Morgan fingerprint density at radius 1 is 1.19 bits per heavy atom. The lowest BCUT2D eigenvalue weighted by Gasteiger charge is -2.32. The molecule has 4 aromatic rings. The predicted octanol–water partition coefficient (Wildman–Crippen LogP) is 5.71. The van der Waals surface area contributed by atoms with Crippen LogP contribution < -0.4 is 16.2 Å². The van der Waals surface area contributed by atoms with Gasteiger partial charge in [-0.2, -0.15) is 18.3 Å². The molecule has 0 fully saturated rings. The molecule has 0 bridgehead atoms. The Bertz CT molecular complexity index is 1550. The SMILES string of the molecule is Cc1c(NC(=O)c2nn3c(c2Br)N[C@@H](c2ccc(Br)o2)C[C@@H]3C(F)(F)F)c(=O)n(-c2ccccc2)n1C. The fraction of sp³-hybridized carbons (Fsp3) is 0.261. The van der Waals surface area contributed by atoms with E-state index in [0.717, 1.165) is 4.68 Å². The van der Waals surface area contributed by atoms with Gasteiger partial charge in [0.25, 0.3) is 11.5 Å². The van der Waals surface area contributed by atoms with Crippen LogP contribution in [0.4, 0.5) is 24.7 Å². The summed E-state index contributed by atoms with van der Waals surface area (Å²) in [7, 11) is 1.66. The second-order valence-corrected chi connectivity index (χ2v) is 10.1. The van der Waals surface area contributed by atoms with Gasteiger partial charge in [-0.15, -0.1) is 0 Å². The third kappa shape index (κ3) is 4.41. The van der Waals surface area contributed by atoms with Gasteiger partial charge in [0.15, 0.2) is 16.4 Å². The number of aromatic nitrogens is 4. The number of alkyl halides is 3. The number of hydrogen-bond donors (Lipinski definition) is 2. The van der Waals surface area contributed by atoms with Crippen LogP contribution in [0.25, 0.3) is 5.69 Å². The maximum Gasteiger partial charge on any atom is 0.410 e. The quantitative estimate of drug-likeness (QED) is 0.297. The molecule has 9 nitrogen and oxygen atoms in total. The molecular weight excluding hydrogens is 625 g/mol. The number of para-hydroxylation sites is 1. The van der Waals surface area contributed by atoms with Crippen LogP contribution in [0.3, 0.4) is 0 Å². The van der Waals surface area contributed by atoms with Gasteiger partial charge in [-0.05, 0) is 63.0 Å². The van der Waals surface area contributed by atoms with Crippen molar-refractivity contribution in [3.05, 3.63) is 79.1 Å². The van der Waals surface area contributed by atoms with E-state index in [1.165, 1.54) is 4.68 Å². The highest BCUT2D eigenvalue weighted by molar-refractivity contribution is 9.10. The molecule has 37 heavy (non-hydrogen) atoms. The summed E-state index contributed by atoms with van der Waals surface area (Å²) in [5.41, 5.74) is 0.247. The zero-order valence-electron chi connectivity index (χ0n) is 19.3. The molecule has 1 aliphatic heterocycles. The molecule has 5 rings (SSSR count). The van der Waals surface area contributed by atoms with Gasteiger partial charge in [-0.1, -0.05) is 18.2 Å². The molecule has 0 saturated heterocycles. The van der Waals surface area contributed by atoms with Crippen molar-refractivity contribution in [3.8, 4) is 5.69 Å². The van der Waals surface area contributed by atoms with Gasteiger partial charge < -0.3 is 15.1 Å². The number of nitrogens with one attached hydrogen (secondary N) is 2. The standard InChI is InChI=1S/C23H19Br2F3N6O3/c1-11-18(22(36)34(32(11)2)12-6-4-3-5-7-12)30-21(35)19-17(25)20-29-13(14-8-9-16(24)37-14)10-15(23(26,27)28)33(20)31-19/h3-9,13,15,29H,10H2,1-2H3,(H,30,35)/t13-,15-/m1/s1. The van der Waals surface area contributed by atoms with E-state index in [4.69, 9.17) is 4.42 Å². The zero-order chi connectivity index (χ0) is 26.6. The maximum absolute atomic E-state index is 14.0. The van der Waals surface area contributed by atoms with Crippen LogP contribution in [0.1, 0.15) is 40.4 Å². The van der Waals surface area contributed by atoms with Gasteiger partial charge in [0.2, 0.25) is 0 Å². The summed E-state index contributed by atoms with van der Waals surface area (Å²) >= 11 is 6.40. The monoisotopic (exact) mass is 642 g/mol. The Balaban J connectivity index is 1.51. The van der Waals surface area contributed by atoms with E-state index in [0.29, 0.717) is 21.8 Å². The molecule has 0 spiro atoms. The summed E-state index contributed by atoms with van der Waals surface area (Å²) in [6.45, 7) is 1.65. The fourth-order valence-corrected chi connectivity index (χ4v) is 5.20. The normalized spacial score (nSPS) is 17.4. The van der Waals surface area contributed by atoms with Crippen LogP contribution in [0, 0.1) is 6.92 Å². The highest BCUT2D eigenvalue weighted by Crippen LogP contribution is 2.46. The number of halogens is 5. The molecule has 3 aromatic heterocycles. The van der Waals surface area contributed by atoms with Gasteiger partial charge in [0, 0.05) is 13.5 Å². The Hall–Kier alpha value is -3.26. The van der Waals surface area contributed by atoms with Crippen LogP contribution in [-0.4, -0.2) is 31.2 Å². The van der Waals surface area contributed by atoms with Crippen molar-refractivity contribution in [3.63, 3.8) is 0 Å². The van der Waals surface area contributed by atoms with Crippen LogP contribution in [0.5, 0.6) is 0 Å². The Kier molecular flexibility index (Phi) is 6.34. The molecule has 1 amide bonds. The van der Waals surface area contributed by atoms with Crippen molar-refractivity contribution in [2.24, 2.45) is 7.05 Å². The summed E-state index contributed by atoms with van der Waals surface area (Å²) in [6.07, 6.45) is -5.04. The van der Waals surface area contributed by atoms with E-state index in [9.17, 15) is 22.8 Å². The average Bonchev–Trinajstić information content (AvgIpc) is 3.49. The molecule has 0 unspecified atom stereocenters. The van der Waals surface area contributed by atoms with E-state index in [-0.39, 0.29) is 21.7 Å². The Morgan fingerprint density at radius 3 is 2.51 bits per heavy atom. The zero-order valence-corrected chi connectivity index (χ0v) is 22.5. The molecule has 2 N–H and O–H groups in total. The number of carbonyl (C=O) groups excluding carboxylic acids is 1. The minimum atomic E-state index is -4.64. The molecule has 194 valence electrons. The minimum absolute atomic E-state index is 0.00660. The average molecular weight is 644 g/mol. The third-order valence-electron chi connectivity index (χ3n) is 6.24. The van der Waals surface area contributed by atoms with E-state index in [1.807, 2.05) is 6.07 Å². The lowest BCUT2D eigenvalue weighted by Crippen LogP contribution is -2.35. The largest absolute Gasteiger partial charge is 0.452 e. The Labute approximate surface area is 224 Å². The highest BCUT2D eigenvalue weighted by atomic mass is 79.9. The van der Waals surface area contributed by atoms with Crippen molar-refractivity contribution in [1.82, 2.24) is 19.1 Å². The summed E-state index contributed by atoms with van der Waals surface area (Å²) in [6, 6.07) is 9.16. The second kappa shape index (κ2) is 9.24. The Morgan fingerprint density at radius 2 is 1.89 bits per heavy atom. The predicted molar refractivity (Wildman–Crippen MR) is 136 cm³/mol. The minimum Gasteiger partial charge on any atom is -0.452 e. The van der Waals surface area contributed by atoms with Crippen LogP contribution in [-0.2, 0) is 7.05 Å². The first-order valence-electron chi connectivity index (χ1n) is 11.0. The van der Waals surface area contributed by atoms with Crippen molar-refractivity contribution in [1.29, 1.82) is 0 Å². The van der Waals surface area contributed by atoms with Gasteiger partial charge >= 0.3 is 6.18 Å². The molecule has 0 saturated carbocycles. The van der Waals surface area contributed by atoms with Gasteiger partial charge in [0.1, 0.15) is 17.3 Å². The van der Waals surface area contributed by atoms with Gasteiger partial charge in [-0.3, -0.25) is 14.3 Å². The summed E-state index contributed by atoms with van der Waals surface area (Å²) in [5.74, 6) is -0.560. The summed E-state index contributed by atoms with van der Waals surface area (Å²) in [4.78, 5) is 26.4. The first kappa shape index (κ1) is 25.4. The number of nitrogens with zero attached hydrogens (tertiary/aromatic N) is 4. The lowest BCUT2D eigenvalue weighted by atomic mass is 10.0. The third-order valence-corrected chi connectivity index (χ3v) is 7.42. The fourth-order valence-electron chi connectivity index (χ4n) is 4.32. The van der Waals surface area contributed by atoms with Crippen LogP contribution >= 0.6 is 31.9 Å². The highest BCUT2D eigenvalue weighted by Gasteiger charge is 2.48. The summed E-state index contributed by atoms with van der Waals surface area (Å²) < 4.78 is 51.7. The first-order chi connectivity index (χ1) is 17.5. The van der Waals surface area contributed by atoms with Crippen LogP contribution in [0.15, 0.2) is 60.8 Å². The van der Waals surface area contributed by atoms with Crippen molar-refractivity contribution < 1.29 is 22.4 Å². The van der Waals surface area contributed by atoms with Gasteiger partial charge in [0.05, 0.1) is 21.9 Å². The van der Waals surface area contributed by atoms with Crippen LogP contribution in [0.2, 0.25) is 0 Å². The smallest absolute Gasteiger partial charge is 0.410 e. The molecule has 1 aliphatic rings. The molecular formula is C23H19Br2F3N6O3. The lowest BCUT2D eigenvalue weighted by molar-refractivity contribution is -0.174. The molecule has 2 atom stereocenters. The molecule has 0 radical (unpaired) electrons. The molecule has 0 aliphatic carbocycles. The number of anilines is 2. The number of fused-ring (bicyclic) bond motifs is 1. The number of furan rings is 1. The number of hydrogen-bond acceptors (Lipinski definition) is 5. The van der Waals surface area contributed by atoms with E-state index < -0.39 is 36.1 Å². The maximum atomic E-state index is 14.0. The summed E-state index contributed by atoms with van der Waals surface area (Å²) in [5, 5.41) is 9.52. The van der Waals surface area contributed by atoms with Crippen molar-refractivity contribution in [2.75, 3.05) is 10.6 Å². The van der Waals surface area contributed by atoms with Crippen molar-refractivity contribution >= 4 is 49.3 Å². The molecule has 4 heterocycles. The first-order valence-corrected chi connectivity index (χ1v) is 12.6. The van der Waals surface area contributed by atoms with E-state index in [1.54, 1.807) is 55.1 Å². The number of rotatable bonds is 4. The topological polar surface area (TPSA) is 99.0 Å². The van der Waals surface area contributed by atoms with E-state index >= 15 is 0 Å².